The van der Waals surface area contributed by atoms with Gasteiger partial charge in [0.05, 0.1) is 6.26 Å². The molecular weight excluding hydrogens is 206 g/mol. The second-order valence-corrected chi connectivity index (χ2v) is 4.38. The molecule has 0 amide bonds. The van der Waals surface area contributed by atoms with Crippen LogP contribution in [0.1, 0.15) is 6.92 Å². The maximum atomic E-state index is 11.0. The minimum Gasteiger partial charge on any atom is -0.290 e. The van der Waals surface area contributed by atoms with Crippen molar-refractivity contribution in [2.75, 3.05) is 6.26 Å². The summed E-state index contributed by atoms with van der Waals surface area (Å²) in [5.41, 5.74) is 0.788. The zero-order valence-corrected chi connectivity index (χ0v) is 8.54. The lowest BCUT2D eigenvalue weighted by atomic mass is 10.1. The number of carbonyl (C=O) groups is 1. The van der Waals surface area contributed by atoms with E-state index in [1.807, 2.05) is 0 Å². The van der Waals surface area contributed by atoms with E-state index < -0.39 is 10.1 Å². The minimum absolute atomic E-state index is 0.122. The Balaban J connectivity index is 2.83. The molecule has 0 N–H and O–H groups in total. The Morgan fingerprint density at radius 2 is 2.00 bits per heavy atom. The van der Waals surface area contributed by atoms with Crippen LogP contribution in [0.15, 0.2) is 29.0 Å². The van der Waals surface area contributed by atoms with Gasteiger partial charge in [0.2, 0.25) is 0 Å². The first kappa shape index (κ1) is 10.6. The summed E-state index contributed by atoms with van der Waals surface area (Å²) in [6, 6.07) is 0. The first-order chi connectivity index (χ1) is 6.38. The van der Waals surface area contributed by atoms with Crippen LogP contribution in [0.2, 0.25) is 0 Å². The van der Waals surface area contributed by atoms with Crippen molar-refractivity contribution in [2.24, 2.45) is 5.16 Å². The Labute approximate surface area is 81.9 Å². The first-order valence-electron chi connectivity index (χ1n) is 3.76. The molecule has 0 bridgehead atoms. The predicted molar refractivity (Wildman–Crippen MR) is 51.3 cm³/mol. The number of rotatable bonds is 2. The number of hydrogen-bond acceptors (Lipinski definition) is 5. The molecular formula is C8H9NO4S. The zero-order valence-electron chi connectivity index (χ0n) is 7.72. The highest BCUT2D eigenvalue weighted by Gasteiger charge is 2.08. The molecule has 0 heterocycles. The summed E-state index contributed by atoms with van der Waals surface area (Å²) in [5, 5.41) is 3.35. The Bertz CT molecular complexity index is 442. The van der Waals surface area contributed by atoms with Crippen LogP contribution in [0.5, 0.6) is 0 Å². The molecule has 0 fully saturated rings. The van der Waals surface area contributed by atoms with Gasteiger partial charge in [0, 0.05) is 0 Å². The van der Waals surface area contributed by atoms with Gasteiger partial charge < -0.3 is 0 Å². The van der Waals surface area contributed by atoms with Gasteiger partial charge >= 0.3 is 10.1 Å². The molecule has 6 heteroatoms. The lowest BCUT2D eigenvalue weighted by Gasteiger charge is -2.02. The third-order valence-electron chi connectivity index (χ3n) is 1.44. The van der Waals surface area contributed by atoms with Gasteiger partial charge in [0.1, 0.15) is 5.71 Å². The van der Waals surface area contributed by atoms with Crippen LogP contribution in [-0.4, -0.2) is 26.2 Å². The van der Waals surface area contributed by atoms with Crippen molar-refractivity contribution < 1.29 is 17.5 Å². The Hall–Kier alpha value is -1.43. The molecule has 1 aliphatic rings. The quantitative estimate of drug-likeness (QED) is 0.494. The van der Waals surface area contributed by atoms with Gasteiger partial charge in [-0.1, -0.05) is 5.16 Å². The SMILES string of the molecule is CC1=C/C(=N\OS(C)(=O)=O)C=CC1=O. The molecule has 0 saturated heterocycles. The van der Waals surface area contributed by atoms with E-state index in [2.05, 4.69) is 9.44 Å². The van der Waals surface area contributed by atoms with Crippen LogP contribution in [0.3, 0.4) is 0 Å². The fourth-order valence-corrected chi connectivity index (χ4v) is 1.02. The first-order valence-corrected chi connectivity index (χ1v) is 5.57. The summed E-state index contributed by atoms with van der Waals surface area (Å²) < 4.78 is 25.4. The van der Waals surface area contributed by atoms with E-state index in [-0.39, 0.29) is 5.78 Å². The summed E-state index contributed by atoms with van der Waals surface area (Å²) in [5.74, 6) is -0.122. The van der Waals surface area contributed by atoms with E-state index in [1.165, 1.54) is 18.2 Å². The van der Waals surface area contributed by atoms with Gasteiger partial charge in [-0.3, -0.25) is 9.08 Å². The van der Waals surface area contributed by atoms with Gasteiger partial charge in [-0.15, -0.1) is 0 Å². The molecule has 0 spiro atoms. The average molecular weight is 215 g/mol. The third-order valence-corrected chi connectivity index (χ3v) is 1.78. The van der Waals surface area contributed by atoms with Crippen molar-refractivity contribution in [3.05, 3.63) is 23.8 Å². The molecule has 0 aliphatic heterocycles. The molecule has 1 rings (SSSR count). The number of hydrogen-bond donors (Lipinski definition) is 0. The van der Waals surface area contributed by atoms with Crippen LogP contribution in [-0.2, 0) is 19.2 Å². The molecule has 1 aliphatic carbocycles. The van der Waals surface area contributed by atoms with Crippen molar-refractivity contribution in [3.63, 3.8) is 0 Å². The number of nitrogens with zero attached hydrogens (tertiary/aromatic N) is 1. The highest BCUT2D eigenvalue weighted by atomic mass is 32.2. The fourth-order valence-electron chi connectivity index (χ4n) is 0.801. The van der Waals surface area contributed by atoms with E-state index in [0.717, 1.165) is 6.26 Å². The molecule has 0 saturated carbocycles. The van der Waals surface area contributed by atoms with E-state index in [0.29, 0.717) is 11.3 Å². The maximum absolute atomic E-state index is 11.0. The average Bonchev–Trinajstić information content (AvgIpc) is 2.06. The molecule has 0 unspecified atom stereocenters. The Kier molecular flexibility index (Phi) is 2.85. The van der Waals surface area contributed by atoms with Crippen LogP contribution in [0.4, 0.5) is 0 Å². The molecule has 0 aromatic heterocycles. The lowest BCUT2D eigenvalue weighted by Crippen LogP contribution is -2.07. The van der Waals surface area contributed by atoms with Gasteiger partial charge in [-0.2, -0.15) is 8.42 Å². The number of oxime groups is 1. The van der Waals surface area contributed by atoms with E-state index >= 15 is 0 Å². The largest absolute Gasteiger partial charge is 0.325 e. The van der Waals surface area contributed by atoms with Crippen molar-refractivity contribution in [3.8, 4) is 0 Å². The summed E-state index contributed by atoms with van der Waals surface area (Å²) in [6.45, 7) is 1.61. The zero-order chi connectivity index (χ0) is 10.8. The summed E-state index contributed by atoms with van der Waals surface area (Å²) in [7, 11) is -3.59. The topological polar surface area (TPSA) is 72.8 Å². The minimum atomic E-state index is -3.59. The van der Waals surface area contributed by atoms with Crippen LogP contribution in [0, 0.1) is 0 Å². The smallest absolute Gasteiger partial charge is 0.290 e. The van der Waals surface area contributed by atoms with Crippen molar-refractivity contribution >= 4 is 21.6 Å². The maximum Gasteiger partial charge on any atom is 0.325 e. The number of allylic oxidation sites excluding steroid dienone is 4. The van der Waals surface area contributed by atoms with Gasteiger partial charge in [-0.25, -0.2) is 0 Å². The monoisotopic (exact) mass is 215 g/mol. The van der Waals surface area contributed by atoms with Crippen molar-refractivity contribution in [2.45, 2.75) is 6.92 Å². The molecule has 76 valence electrons. The number of carbonyl (C=O) groups excluding carboxylic acids is 1. The molecule has 0 aromatic carbocycles. The van der Waals surface area contributed by atoms with Gasteiger partial charge in [0.15, 0.2) is 5.78 Å². The molecule has 14 heavy (non-hydrogen) atoms. The van der Waals surface area contributed by atoms with Crippen molar-refractivity contribution in [1.29, 1.82) is 0 Å². The third kappa shape index (κ3) is 3.14. The Morgan fingerprint density at radius 1 is 1.36 bits per heavy atom. The number of ketones is 1. The second-order valence-electron chi connectivity index (χ2n) is 2.82. The van der Waals surface area contributed by atoms with Crippen LogP contribution >= 0.6 is 0 Å². The van der Waals surface area contributed by atoms with Crippen molar-refractivity contribution in [1.82, 2.24) is 0 Å². The van der Waals surface area contributed by atoms with E-state index in [1.54, 1.807) is 6.92 Å². The van der Waals surface area contributed by atoms with E-state index in [4.69, 9.17) is 0 Å². The highest BCUT2D eigenvalue weighted by molar-refractivity contribution is 7.85. The fraction of sp³-hybridized carbons (Fsp3) is 0.250. The van der Waals surface area contributed by atoms with Crippen LogP contribution in [0.25, 0.3) is 0 Å². The standard InChI is InChI=1S/C8H9NO4S/c1-6-5-7(3-4-8(6)10)9-13-14(2,11)12/h3-5H,1-2H3/b9-7-. The molecule has 0 atom stereocenters. The van der Waals surface area contributed by atoms with Gasteiger partial charge in [-0.05, 0) is 30.7 Å². The molecule has 0 aromatic rings. The van der Waals surface area contributed by atoms with E-state index in [9.17, 15) is 13.2 Å². The summed E-state index contributed by atoms with van der Waals surface area (Å²) >= 11 is 0. The molecule has 0 radical (unpaired) electrons. The summed E-state index contributed by atoms with van der Waals surface area (Å²) in [6.07, 6.45) is 5.04. The lowest BCUT2D eigenvalue weighted by molar-refractivity contribution is -0.111. The molecule has 5 nitrogen and oxygen atoms in total. The predicted octanol–water partition coefficient (Wildman–Crippen LogP) is 0.404. The normalized spacial score (nSPS) is 19.7. The Morgan fingerprint density at radius 3 is 2.50 bits per heavy atom. The summed E-state index contributed by atoms with van der Waals surface area (Å²) in [4.78, 5) is 11.0. The van der Waals surface area contributed by atoms with Crippen LogP contribution < -0.4 is 0 Å². The van der Waals surface area contributed by atoms with Gasteiger partial charge in [0.25, 0.3) is 0 Å². The highest BCUT2D eigenvalue weighted by Crippen LogP contribution is 2.05. The second kappa shape index (κ2) is 3.75.